The minimum atomic E-state index is -0.377. The third-order valence-corrected chi connectivity index (χ3v) is 8.64. The van der Waals surface area contributed by atoms with Crippen LogP contribution in [0.5, 0.6) is 11.5 Å². The molecule has 4 aliphatic heterocycles. The fourth-order valence-electron chi connectivity index (χ4n) is 6.45. The van der Waals surface area contributed by atoms with Gasteiger partial charge in [-0.3, -0.25) is 9.59 Å². The van der Waals surface area contributed by atoms with Crippen molar-refractivity contribution in [2.45, 2.75) is 77.4 Å². The lowest BCUT2D eigenvalue weighted by atomic mass is 9.64. The molecule has 1 aromatic rings. The fraction of sp³-hybridized carbons (Fsp3) is 0.714. The van der Waals surface area contributed by atoms with Gasteiger partial charge >= 0.3 is 0 Å². The Balaban J connectivity index is 1.25. The molecule has 0 unspecified atom stereocenters. The quantitative estimate of drug-likeness (QED) is 0.636. The van der Waals surface area contributed by atoms with E-state index in [0.29, 0.717) is 26.2 Å². The van der Waals surface area contributed by atoms with E-state index in [4.69, 9.17) is 14.2 Å². The third-order valence-electron chi connectivity index (χ3n) is 8.64. The Hall–Kier alpha value is -2.28. The van der Waals surface area contributed by atoms with Crippen LogP contribution in [0.3, 0.4) is 0 Å². The van der Waals surface area contributed by atoms with Crippen molar-refractivity contribution in [3.05, 3.63) is 23.8 Å². The zero-order valence-electron chi connectivity index (χ0n) is 21.5. The summed E-state index contributed by atoms with van der Waals surface area (Å²) >= 11 is 0. The van der Waals surface area contributed by atoms with E-state index in [1.807, 2.05) is 24.0 Å². The molecule has 4 aliphatic rings. The van der Waals surface area contributed by atoms with Crippen LogP contribution in [0.1, 0.15) is 77.4 Å². The van der Waals surface area contributed by atoms with Crippen molar-refractivity contribution in [1.29, 1.82) is 0 Å². The van der Waals surface area contributed by atoms with Gasteiger partial charge < -0.3 is 24.0 Å². The lowest BCUT2D eigenvalue weighted by Gasteiger charge is -2.54. The molecule has 7 heteroatoms. The molecule has 0 aliphatic carbocycles. The smallest absolute Gasteiger partial charge is 0.242 e. The number of hydrogen-bond donors (Lipinski definition) is 0. The summed E-state index contributed by atoms with van der Waals surface area (Å²) in [5, 5.41) is 0. The molecule has 3 fully saturated rings. The molecule has 4 heterocycles. The average molecular weight is 485 g/mol. The van der Waals surface area contributed by atoms with E-state index in [1.165, 1.54) is 0 Å². The molecule has 35 heavy (non-hydrogen) atoms. The SMILES string of the molecule is CCOc1cccc2c1OC(C)(C)[C@H]1CC3(CCN(C(=O)CN4CCCCCC4=O)CC3)CO[C@H]21. The van der Waals surface area contributed by atoms with Crippen LogP contribution < -0.4 is 9.47 Å². The number of nitrogens with zero attached hydrogens (tertiary/aromatic N) is 2. The Morgan fingerprint density at radius 1 is 1.14 bits per heavy atom. The maximum absolute atomic E-state index is 13.0. The first kappa shape index (κ1) is 24.4. The highest BCUT2D eigenvalue weighted by molar-refractivity contribution is 5.85. The number of rotatable bonds is 4. The van der Waals surface area contributed by atoms with Gasteiger partial charge in [0, 0.05) is 37.5 Å². The van der Waals surface area contributed by atoms with Crippen LogP contribution >= 0.6 is 0 Å². The standard InChI is InChI=1S/C28H40N2O5/c1-4-33-22-10-8-9-20-25-21(27(2,3)35-26(20)22)17-28(19-34-25)12-15-29(16-13-28)24(32)18-30-14-7-5-6-11-23(30)31/h8-10,21,25H,4-7,11-19H2,1-3H3/t21-,25+/m0/s1. The predicted octanol–water partition coefficient (Wildman–Crippen LogP) is 4.35. The summed E-state index contributed by atoms with van der Waals surface area (Å²) < 4.78 is 19.0. The van der Waals surface area contributed by atoms with E-state index >= 15 is 0 Å². The van der Waals surface area contributed by atoms with Crippen molar-refractivity contribution in [3.8, 4) is 11.5 Å². The molecule has 0 bridgehead atoms. The summed E-state index contributed by atoms with van der Waals surface area (Å²) in [6.07, 6.45) is 6.45. The summed E-state index contributed by atoms with van der Waals surface area (Å²) in [4.78, 5) is 29.1. The Morgan fingerprint density at radius 2 is 1.94 bits per heavy atom. The van der Waals surface area contributed by atoms with Crippen molar-refractivity contribution >= 4 is 11.8 Å². The third kappa shape index (κ3) is 4.76. The maximum atomic E-state index is 13.0. The first-order valence-electron chi connectivity index (χ1n) is 13.4. The Kier molecular flexibility index (Phi) is 6.73. The van der Waals surface area contributed by atoms with Crippen molar-refractivity contribution < 1.29 is 23.8 Å². The largest absolute Gasteiger partial charge is 0.490 e. The van der Waals surface area contributed by atoms with Crippen LogP contribution in [0.4, 0.5) is 0 Å². The Labute approximate surface area is 209 Å². The highest BCUT2D eigenvalue weighted by Gasteiger charge is 2.53. The molecule has 0 aromatic heterocycles. The molecular formula is C28H40N2O5. The first-order valence-corrected chi connectivity index (χ1v) is 13.4. The number of ether oxygens (including phenoxy) is 3. The molecule has 1 spiro atoms. The number of piperidine rings is 1. The molecule has 2 atom stereocenters. The van der Waals surface area contributed by atoms with Gasteiger partial charge in [-0.25, -0.2) is 0 Å². The zero-order chi connectivity index (χ0) is 24.6. The highest BCUT2D eigenvalue weighted by Crippen LogP contribution is 2.57. The minimum Gasteiger partial charge on any atom is -0.490 e. The second kappa shape index (κ2) is 9.64. The number of hydrogen-bond acceptors (Lipinski definition) is 5. The normalized spacial score (nSPS) is 27.5. The number of carbonyl (C=O) groups is 2. The van der Waals surface area contributed by atoms with Gasteiger partial charge in [-0.05, 0) is 64.4 Å². The van der Waals surface area contributed by atoms with Crippen molar-refractivity contribution in [2.24, 2.45) is 11.3 Å². The van der Waals surface area contributed by atoms with E-state index in [0.717, 1.165) is 68.7 Å². The van der Waals surface area contributed by atoms with E-state index < -0.39 is 0 Å². The molecule has 1 aromatic carbocycles. The van der Waals surface area contributed by atoms with E-state index in [2.05, 4.69) is 19.9 Å². The van der Waals surface area contributed by atoms with Gasteiger partial charge in [-0.15, -0.1) is 0 Å². The van der Waals surface area contributed by atoms with E-state index in [-0.39, 0.29) is 41.4 Å². The summed E-state index contributed by atoms with van der Waals surface area (Å²) in [6.45, 7) is 10.0. The summed E-state index contributed by atoms with van der Waals surface area (Å²) in [5.41, 5.74) is 0.773. The number of likely N-dealkylation sites (tertiary alicyclic amines) is 2. The zero-order valence-corrected chi connectivity index (χ0v) is 21.5. The first-order chi connectivity index (χ1) is 16.8. The molecule has 5 rings (SSSR count). The van der Waals surface area contributed by atoms with Gasteiger partial charge in [0.25, 0.3) is 0 Å². The van der Waals surface area contributed by atoms with Gasteiger partial charge in [-0.2, -0.15) is 0 Å². The summed E-state index contributed by atoms with van der Waals surface area (Å²) in [7, 11) is 0. The van der Waals surface area contributed by atoms with E-state index in [9.17, 15) is 9.59 Å². The van der Waals surface area contributed by atoms with Crippen LogP contribution in [0, 0.1) is 11.3 Å². The van der Waals surface area contributed by atoms with Gasteiger partial charge in [0.15, 0.2) is 11.5 Å². The molecule has 0 radical (unpaired) electrons. The number of carbonyl (C=O) groups excluding carboxylic acids is 2. The monoisotopic (exact) mass is 484 g/mol. The summed E-state index contributed by atoms with van der Waals surface area (Å²) in [5.74, 6) is 2.06. The van der Waals surface area contributed by atoms with Gasteiger partial charge in [0.2, 0.25) is 11.8 Å². The highest BCUT2D eigenvalue weighted by atomic mass is 16.5. The predicted molar refractivity (Wildman–Crippen MR) is 132 cm³/mol. The van der Waals surface area contributed by atoms with Crippen LogP contribution in [-0.2, 0) is 14.3 Å². The molecule has 2 amide bonds. The molecule has 0 N–H and O–H groups in total. The number of benzene rings is 1. The van der Waals surface area contributed by atoms with Crippen molar-refractivity contribution in [3.63, 3.8) is 0 Å². The second-order valence-corrected chi connectivity index (χ2v) is 11.4. The Morgan fingerprint density at radius 3 is 2.71 bits per heavy atom. The molecule has 7 nitrogen and oxygen atoms in total. The number of amides is 2. The number of para-hydroxylation sites is 1. The van der Waals surface area contributed by atoms with E-state index in [1.54, 1.807) is 4.90 Å². The van der Waals surface area contributed by atoms with Gasteiger partial charge in [0.05, 0.1) is 25.9 Å². The molecular weight excluding hydrogens is 444 g/mol. The topological polar surface area (TPSA) is 68.3 Å². The van der Waals surface area contributed by atoms with Crippen LogP contribution in [-0.4, -0.2) is 66.6 Å². The van der Waals surface area contributed by atoms with Crippen LogP contribution in [0.2, 0.25) is 0 Å². The Bertz CT molecular complexity index is 953. The fourth-order valence-corrected chi connectivity index (χ4v) is 6.45. The minimum absolute atomic E-state index is 0.00603. The molecule has 0 saturated carbocycles. The molecule has 192 valence electrons. The lowest BCUT2D eigenvalue weighted by Crippen LogP contribution is -2.55. The van der Waals surface area contributed by atoms with Crippen molar-refractivity contribution in [2.75, 3.05) is 39.4 Å². The van der Waals surface area contributed by atoms with Gasteiger partial charge in [0.1, 0.15) is 5.60 Å². The van der Waals surface area contributed by atoms with Crippen LogP contribution in [0.25, 0.3) is 0 Å². The maximum Gasteiger partial charge on any atom is 0.242 e. The van der Waals surface area contributed by atoms with Gasteiger partial charge in [-0.1, -0.05) is 18.6 Å². The molecule has 3 saturated heterocycles. The summed E-state index contributed by atoms with van der Waals surface area (Å²) in [6, 6.07) is 6.10. The van der Waals surface area contributed by atoms with Crippen LogP contribution in [0.15, 0.2) is 18.2 Å². The van der Waals surface area contributed by atoms with Crippen molar-refractivity contribution in [1.82, 2.24) is 9.80 Å². The average Bonchev–Trinajstić information content (AvgIpc) is 3.04. The number of fused-ring (bicyclic) bond motifs is 3. The lowest BCUT2D eigenvalue weighted by molar-refractivity contribution is -0.176. The second-order valence-electron chi connectivity index (χ2n) is 11.4.